The summed E-state index contributed by atoms with van der Waals surface area (Å²) < 4.78 is 0. The molecule has 0 radical (unpaired) electrons. The van der Waals surface area contributed by atoms with Crippen LogP contribution in [0.4, 0.5) is 10.9 Å². The van der Waals surface area contributed by atoms with Crippen LogP contribution in [0.1, 0.15) is 41.3 Å². The predicted molar refractivity (Wildman–Crippen MR) is 85.0 cm³/mol. The summed E-state index contributed by atoms with van der Waals surface area (Å²) in [6, 6.07) is 3.58. The molecule has 1 amide bonds. The minimum atomic E-state index is -0.190. The van der Waals surface area contributed by atoms with Gasteiger partial charge in [0.25, 0.3) is 5.91 Å². The Bertz CT molecular complexity index is 601. The monoisotopic (exact) mass is 305 g/mol. The number of pyridine rings is 1. The first-order valence-corrected chi connectivity index (χ1v) is 7.80. The first-order chi connectivity index (χ1) is 10.1. The number of anilines is 2. The molecule has 6 nitrogen and oxygen atoms in total. The molecule has 0 aromatic carbocycles. The molecule has 2 heterocycles. The van der Waals surface area contributed by atoms with Gasteiger partial charge in [-0.3, -0.25) is 10.1 Å². The number of nitrogens with one attached hydrogen (secondary N) is 2. The third kappa shape index (κ3) is 4.22. The van der Waals surface area contributed by atoms with Gasteiger partial charge in [-0.15, -0.1) is 10.2 Å². The molecule has 0 spiro atoms. The molecule has 21 heavy (non-hydrogen) atoms. The first kappa shape index (κ1) is 15.4. The van der Waals surface area contributed by atoms with Crippen LogP contribution in [0.3, 0.4) is 0 Å². The van der Waals surface area contributed by atoms with Crippen LogP contribution in [-0.2, 0) is 6.42 Å². The molecule has 0 unspecified atom stereocenters. The number of carbonyl (C=O) groups is 1. The summed E-state index contributed by atoms with van der Waals surface area (Å²) in [5.74, 6) is 0.534. The van der Waals surface area contributed by atoms with Crippen molar-refractivity contribution in [2.45, 2.75) is 33.6 Å². The smallest absolute Gasteiger partial charge is 0.257 e. The van der Waals surface area contributed by atoms with Crippen LogP contribution in [0.15, 0.2) is 12.1 Å². The summed E-state index contributed by atoms with van der Waals surface area (Å²) in [6.07, 6.45) is 1.83. The molecule has 0 saturated heterocycles. The summed E-state index contributed by atoms with van der Waals surface area (Å²) in [5.41, 5.74) is 1.49. The van der Waals surface area contributed by atoms with Gasteiger partial charge in [-0.25, -0.2) is 4.98 Å². The quantitative estimate of drug-likeness (QED) is 0.858. The maximum atomic E-state index is 12.3. The standard InChI is InChI=1S/C14H19N5OS/c1-4-6-11-7-10(8-12(16-11)15-5-2)13(20)17-14-19-18-9(3)21-14/h7-8H,4-6H2,1-3H3,(H,15,16)(H,17,19,20). The molecular weight excluding hydrogens is 286 g/mol. The maximum absolute atomic E-state index is 12.3. The topological polar surface area (TPSA) is 79.8 Å². The van der Waals surface area contributed by atoms with Crippen molar-refractivity contribution in [3.05, 3.63) is 28.4 Å². The molecule has 7 heteroatoms. The second kappa shape index (κ2) is 7.12. The number of amides is 1. The van der Waals surface area contributed by atoms with Gasteiger partial charge in [-0.2, -0.15) is 0 Å². The molecule has 2 aromatic rings. The molecule has 2 aromatic heterocycles. The molecule has 0 atom stereocenters. The van der Waals surface area contributed by atoms with Gasteiger partial charge in [-0.05, 0) is 32.4 Å². The number of nitrogens with zero attached hydrogens (tertiary/aromatic N) is 3. The van der Waals surface area contributed by atoms with Crippen molar-refractivity contribution in [2.24, 2.45) is 0 Å². The fraction of sp³-hybridized carbons (Fsp3) is 0.429. The Hall–Kier alpha value is -2.02. The van der Waals surface area contributed by atoms with Crippen molar-refractivity contribution < 1.29 is 4.79 Å². The second-order valence-electron chi connectivity index (χ2n) is 4.59. The third-order valence-electron chi connectivity index (χ3n) is 2.75. The van der Waals surface area contributed by atoms with E-state index < -0.39 is 0 Å². The molecular formula is C14H19N5OS. The molecule has 0 bridgehead atoms. The van der Waals surface area contributed by atoms with Gasteiger partial charge in [0.1, 0.15) is 10.8 Å². The summed E-state index contributed by atoms with van der Waals surface area (Å²) in [5, 5.41) is 15.0. The highest BCUT2D eigenvalue weighted by Gasteiger charge is 2.12. The fourth-order valence-electron chi connectivity index (χ4n) is 1.89. The number of hydrogen-bond acceptors (Lipinski definition) is 6. The van der Waals surface area contributed by atoms with Crippen LogP contribution in [0.2, 0.25) is 0 Å². The molecule has 0 saturated carbocycles. The highest BCUT2D eigenvalue weighted by Crippen LogP contribution is 2.17. The van der Waals surface area contributed by atoms with Gasteiger partial charge in [0.15, 0.2) is 0 Å². The Balaban J connectivity index is 2.21. The van der Waals surface area contributed by atoms with Gasteiger partial charge >= 0.3 is 0 Å². The van der Waals surface area contributed by atoms with Crippen molar-refractivity contribution in [3.8, 4) is 0 Å². The zero-order valence-corrected chi connectivity index (χ0v) is 13.3. The largest absolute Gasteiger partial charge is 0.370 e. The van der Waals surface area contributed by atoms with E-state index in [9.17, 15) is 4.79 Å². The van der Waals surface area contributed by atoms with E-state index in [1.54, 1.807) is 6.07 Å². The average Bonchev–Trinajstić information content (AvgIpc) is 2.84. The van der Waals surface area contributed by atoms with E-state index in [-0.39, 0.29) is 5.91 Å². The number of rotatable bonds is 6. The predicted octanol–water partition coefficient (Wildman–Crippen LogP) is 2.88. The normalized spacial score (nSPS) is 10.4. The van der Waals surface area contributed by atoms with E-state index in [0.29, 0.717) is 10.7 Å². The average molecular weight is 305 g/mol. The lowest BCUT2D eigenvalue weighted by molar-refractivity contribution is 0.102. The Kier molecular flexibility index (Phi) is 5.21. The van der Waals surface area contributed by atoms with Crippen LogP contribution in [0.25, 0.3) is 0 Å². The Morgan fingerprint density at radius 3 is 2.71 bits per heavy atom. The summed E-state index contributed by atoms with van der Waals surface area (Å²) in [7, 11) is 0. The van der Waals surface area contributed by atoms with Crippen LogP contribution in [0.5, 0.6) is 0 Å². The fourth-order valence-corrected chi connectivity index (χ4v) is 2.48. The van der Waals surface area contributed by atoms with Crippen molar-refractivity contribution >= 4 is 28.2 Å². The SMILES string of the molecule is CCCc1cc(C(=O)Nc2nnc(C)s2)cc(NCC)n1. The number of hydrogen-bond donors (Lipinski definition) is 2. The summed E-state index contributed by atoms with van der Waals surface area (Å²) >= 11 is 1.35. The highest BCUT2D eigenvalue weighted by molar-refractivity contribution is 7.15. The molecule has 0 aliphatic carbocycles. The van der Waals surface area contributed by atoms with Crippen LogP contribution in [-0.4, -0.2) is 27.6 Å². The highest BCUT2D eigenvalue weighted by atomic mass is 32.1. The molecule has 112 valence electrons. The molecule has 0 aliphatic heterocycles. The van der Waals surface area contributed by atoms with Gasteiger partial charge in [0, 0.05) is 17.8 Å². The van der Waals surface area contributed by atoms with Gasteiger partial charge in [-0.1, -0.05) is 24.7 Å². The van der Waals surface area contributed by atoms with Crippen molar-refractivity contribution in [3.63, 3.8) is 0 Å². The van der Waals surface area contributed by atoms with Crippen LogP contribution < -0.4 is 10.6 Å². The maximum Gasteiger partial charge on any atom is 0.257 e. The van der Waals surface area contributed by atoms with E-state index in [2.05, 4.69) is 32.7 Å². The van der Waals surface area contributed by atoms with E-state index >= 15 is 0 Å². The zero-order chi connectivity index (χ0) is 15.2. The van der Waals surface area contributed by atoms with E-state index in [1.165, 1.54) is 11.3 Å². The number of aryl methyl sites for hydroxylation is 2. The minimum Gasteiger partial charge on any atom is -0.370 e. The van der Waals surface area contributed by atoms with E-state index in [1.807, 2.05) is 19.9 Å². The first-order valence-electron chi connectivity index (χ1n) is 6.98. The van der Waals surface area contributed by atoms with E-state index in [0.717, 1.165) is 35.9 Å². The van der Waals surface area contributed by atoms with E-state index in [4.69, 9.17) is 0 Å². The lowest BCUT2D eigenvalue weighted by Gasteiger charge is -2.09. The molecule has 0 fully saturated rings. The van der Waals surface area contributed by atoms with Gasteiger partial charge in [0.2, 0.25) is 5.13 Å². The number of aromatic nitrogens is 3. The molecule has 2 rings (SSSR count). The molecule has 0 aliphatic rings. The zero-order valence-electron chi connectivity index (χ0n) is 12.4. The summed E-state index contributed by atoms with van der Waals surface area (Å²) in [4.78, 5) is 16.8. The van der Waals surface area contributed by atoms with Gasteiger partial charge < -0.3 is 5.32 Å². The lowest BCUT2D eigenvalue weighted by atomic mass is 10.1. The third-order valence-corrected chi connectivity index (χ3v) is 3.51. The minimum absolute atomic E-state index is 0.190. The Morgan fingerprint density at radius 1 is 1.29 bits per heavy atom. The second-order valence-corrected chi connectivity index (χ2v) is 5.77. The van der Waals surface area contributed by atoms with Gasteiger partial charge in [0.05, 0.1) is 0 Å². The number of carbonyl (C=O) groups excluding carboxylic acids is 1. The Labute approximate surface area is 128 Å². The summed E-state index contributed by atoms with van der Waals surface area (Å²) in [6.45, 7) is 6.70. The van der Waals surface area contributed by atoms with Crippen LogP contribution in [0, 0.1) is 6.92 Å². The van der Waals surface area contributed by atoms with Crippen molar-refractivity contribution in [2.75, 3.05) is 17.2 Å². The molecule has 2 N–H and O–H groups in total. The van der Waals surface area contributed by atoms with Crippen molar-refractivity contribution in [1.29, 1.82) is 0 Å². The lowest BCUT2D eigenvalue weighted by Crippen LogP contribution is -2.14. The Morgan fingerprint density at radius 2 is 2.10 bits per heavy atom. The van der Waals surface area contributed by atoms with Crippen molar-refractivity contribution in [1.82, 2.24) is 15.2 Å². The van der Waals surface area contributed by atoms with Crippen LogP contribution >= 0.6 is 11.3 Å².